The number of fused-ring (bicyclic) bond motifs is 1. The van der Waals surface area contributed by atoms with E-state index in [9.17, 15) is 4.79 Å². The molecule has 118 valence electrons. The molecule has 0 spiro atoms. The van der Waals surface area contributed by atoms with Gasteiger partial charge in [-0.25, -0.2) is 0 Å². The molecule has 1 atom stereocenters. The summed E-state index contributed by atoms with van der Waals surface area (Å²) in [5, 5.41) is 5.00. The number of carbonyl (C=O) groups is 1. The van der Waals surface area contributed by atoms with E-state index in [4.69, 9.17) is 15.2 Å². The van der Waals surface area contributed by atoms with Crippen molar-refractivity contribution in [3.8, 4) is 5.75 Å². The standard InChI is InChI=1S/C17H22N2O3/c1-21-14(12-18)11-17(20)19-9-10-22-16-8-4-6-13-5-2-3-7-15(13)16/h2-8,14H,9-12,18H2,1H3,(H,19,20). The second kappa shape index (κ2) is 8.36. The van der Waals surface area contributed by atoms with Crippen molar-refractivity contribution in [1.82, 2.24) is 5.32 Å². The van der Waals surface area contributed by atoms with Gasteiger partial charge in [0.2, 0.25) is 5.91 Å². The Morgan fingerprint density at radius 3 is 2.77 bits per heavy atom. The molecule has 0 aliphatic carbocycles. The highest BCUT2D eigenvalue weighted by Crippen LogP contribution is 2.24. The number of amides is 1. The molecule has 3 N–H and O–H groups in total. The third-order valence-electron chi connectivity index (χ3n) is 3.44. The van der Waals surface area contributed by atoms with Gasteiger partial charge in [-0.3, -0.25) is 4.79 Å². The molecular weight excluding hydrogens is 280 g/mol. The van der Waals surface area contributed by atoms with Gasteiger partial charge in [-0.2, -0.15) is 0 Å². The Balaban J connectivity index is 1.80. The van der Waals surface area contributed by atoms with Gasteiger partial charge in [-0.1, -0.05) is 36.4 Å². The summed E-state index contributed by atoms with van der Waals surface area (Å²) >= 11 is 0. The maximum Gasteiger partial charge on any atom is 0.222 e. The number of methoxy groups -OCH3 is 1. The molecule has 2 aromatic carbocycles. The van der Waals surface area contributed by atoms with E-state index in [0.717, 1.165) is 16.5 Å². The van der Waals surface area contributed by atoms with Gasteiger partial charge < -0.3 is 20.5 Å². The zero-order valence-electron chi connectivity index (χ0n) is 12.7. The van der Waals surface area contributed by atoms with Crippen LogP contribution in [0.25, 0.3) is 10.8 Å². The van der Waals surface area contributed by atoms with Crippen LogP contribution in [0.5, 0.6) is 5.75 Å². The number of nitrogens with one attached hydrogen (secondary N) is 1. The summed E-state index contributed by atoms with van der Waals surface area (Å²) in [6.45, 7) is 1.19. The van der Waals surface area contributed by atoms with Crippen LogP contribution < -0.4 is 15.8 Å². The Hall–Kier alpha value is -2.11. The second-order valence-corrected chi connectivity index (χ2v) is 4.97. The van der Waals surface area contributed by atoms with Crippen LogP contribution in [0, 0.1) is 0 Å². The lowest BCUT2D eigenvalue weighted by atomic mass is 10.1. The fraction of sp³-hybridized carbons (Fsp3) is 0.353. The van der Waals surface area contributed by atoms with Crippen LogP contribution in [0.15, 0.2) is 42.5 Å². The molecule has 22 heavy (non-hydrogen) atoms. The van der Waals surface area contributed by atoms with Crippen LogP contribution in [-0.4, -0.2) is 38.8 Å². The molecule has 0 saturated carbocycles. The predicted molar refractivity (Wildman–Crippen MR) is 86.9 cm³/mol. The van der Waals surface area contributed by atoms with Crippen LogP contribution in [0.3, 0.4) is 0 Å². The normalized spacial score (nSPS) is 12.1. The molecule has 5 nitrogen and oxygen atoms in total. The molecule has 2 rings (SSSR count). The Morgan fingerprint density at radius 2 is 2.00 bits per heavy atom. The van der Waals surface area contributed by atoms with E-state index in [2.05, 4.69) is 5.32 Å². The minimum absolute atomic E-state index is 0.0844. The van der Waals surface area contributed by atoms with Crippen molar-refractivity contribution in [1.29, 1.82) is 0 Å². The SMILES string of the molecule is COC(CN)CC(=O)NCCOc1cccc2ccccc12. The summed E-state index contributed by atoms with van der Waals surface area (Å²) in [5.41, 5.74) is 5.49. The summed E-state index contributed by atoms with van der Waals surface area (Å²) in [6.07, 6.45) is 0.0281. The minimum atomic E-state index is -0.237. The molecule has 0 aliphatic rings. The number of rotatable bonds is 8. The summed E-state index contributed by atoms with van der Waals surface area (Å²) in [7, 11) is 1.55. The van der Waals surface area contributed by atoms with Crippen molar-refractivity contribution in [3.63, 3.8) is 0 Å². The molecule has 2 aromatic rings. The monoisotopic (exact) mass is 302 g/mol. The molecule has 0 saturated heterocycles. The summed E-state index contributed by atoms with van der Waals surface area (Å²) < 4.78 is 10.8. The first-order chi connectivity index (χ1) is 10.7. The van der Waals surface area contributed by atoms with E-state index >= 15 is 0 Å². The fourth-order valence-corrected chi connectivity index (χ4v) is 2.21. The summed E-state index contributed by atoms with van der Waals surface area (Å²) in [4.78, 5) is 11.7. The number of benzene rings is 2. The van der Waals surface area contributed by atoms with Crippen molar-refractivity contribution in [3.05, 3.63) is 42.5 Å². The van der Waals surface area contributed by atoms with E-state index < -0.39 is 0 Å². The number of ether oxygens (including phenoxy) is 2. The molecule has 0 fully saturated rings. The van der Waals surface area contributed by atoms with E-state index in [1.807, 2.05) is 42.5 Å². The van der Waals surface area contributed by atoms with Crippen LogP contribution >= 0.6 is 0 Å². The third-order valence-corrected chi connectivity index (χ3v) is 3.44. The molecule has 1 unspecified atom stereocenters. The van der Waals surface area contributed by atoms with Gasteiger partial charge in [0, 0.05) is 19.0 Å². The van der Waals surface area contributed by atoms with Gasteiger partial charge in [0.05, 0.1) is 19.1 Å². The first kappa shape index (κ1) is 16.3. The summed E-state index contributed by atoms with van der Waals surface area (Å²) in [6, 6.07) is 14.0. The van der Waals surface area contributed by atoms with Crippen LogP contribution in [0.2, 0.25) is 0 Å². The zero-order chi connectivity index (χ0) is 15.8. The second-order valence-electron chi connectivity index (χ2n) is 4.97. The van der Waals surface area contributed by atoms with E-state index in [1.165, 1.54) is 0 Å². The van der Waals surface area contributed by atoms with Crippen molar-refractivity contribution in [2.24, 2.45) is 5.73 Å². The summed E-state index contributed by atoms with van der Waals surface area (Å²) in [5.74, 6) is 0.739. The van der Waals surface area contributed by atoms with Crippen LogP contribution in [-0.2, 0) is 9.53 Å². The first-order valence-corrected chi connectivity index (χ1v) is 7.34. The van der Waals surface area contributed by atoms with Gasteiger partial charge in [0.15, 0.2) is 0 Å². The first-order valence-electron chi connectivity index (χ1n) is 7.34. The minimum Gasteiger partial charge on any atom is -0.491 e. The topological polar surface area (TPSA) is 73.6 Å². The molecule has 0 bridgehead atoms. The molecular formula is C17H22N2O3. The average molecular weight is 302 g/mol. The Bertz CT molecular complexity index is 606. The molecule has 0 aliphatic heterocycles. The molecule has 0 aromatic heterocycles. The van der Waals surface area contributed by atoms with Gasteiger partial charge >= 0.3 is 0 Å². The van der Waals surface area contributed by atoms with Crippen molar-refractivity contribution >= 4 is 16.7 Å². The van der Waals surface area contributed by atoms with E-state index in [1.54, 1.807) is 7.11 Å². The highest BCUT2D eigenvalue weighted by atomic mass is 16.5. The van der Waals surface area contributed by atoms with Crippen molar-refractivity contribution in [2.45, 2.75) is 12.5 Å². The fourth-order valence-electron chi connectivity index (χ4n) is 2.21. The van der Waals surface area contributed by atoms with Gasteiger partial charge in [0.1, 0.15) is 12.4 Å². The lowest BCUT2D eigenvalue weighted by Gasteiger charge is -2.13. The Morgan fingerprint density at radius 1 is 1.23 bits per heavy atom. The largest absolute Gasteiger partial charge is 0.491 e. The Kier molecular flexibility index (Phi) is 6.18. The van der Waals surface area contributed by atoms with Crippen LogP contribution in [0.1, 0.15) is 6.42 Å². The number of nitrogens with two attached hydrogens (primary N) is 1. The van der Waals surface area contributed by atoms with Gasteiger partial charge in [0.25, 0.3) is 0 Å². The average Bonchev–Trinajstić information content (AvgIpc) is 2.56. The lowest BCUT2D eigenvalue weighted by Crippen LogP contribution is -2.34. The van der Waals surface area contributed by atoms with Gasteiger partial charge in [-0.05, 0) is 11.5 Å². The van der Waals surface area contributed by atoms with Crippen molar-refractivity contribution in [2.75, 3.05) is 26.8 Å². The number of carbonyl (C=O) groups excluding carboxylic acids is 1. The van der Waals surface area contributed by atoms with Gasteiger partial charge in [-0.15, -0.1) is 0 Å². The molecule has 0 radical (unpaired) electrons. The smallest absolute Gasteiger partial charge is 0.222 e. The van der Waals surface area contributed by atoms with E-state index in [0.29, 0.717) is 19.7 Å². The highest BCUT2D eigenvalue weighted by molar-refractivity contribution is 5.88. The van der Waals surface area contributed by atoms with Crippen LogP contribution in [0.4, 0.5) is 0 Å². The number of hydrogen-bond acceptors (Lipinski definition) is 4. The maximum atomic E-state index is 11.7. The lowest BCUT2D eigenvalue weighted by molar-refractivity contribution is -0.123. The zero-order valence-corrected chi connectivity index (χ0v) is 12.7. The molecule has 1 amide bonds. The van der Waals surface area contributed by atoms with Crippen molar-refractivity contribution < 1.29 is 14.3 Å². The maximum absolute atomic E-state index is 11.7. The third kappa shape index (κ3) is 4.44. The number of hydrogen-bond donors (Lipinski definition) is 2. The quantitative estimate of drug-likeness (QED) is 0.728. The Labute approximate surface area is 130 Å². The molecule has 5 heteroatoms. The van der Waals surface area contributed by atoms with E-state index in [-0.39, 0.29) is 18.4 Å². The molecule has 0 heterocycles. The predicted octanol–water partition coefficient (Wildman–Crippen LogP) is 1.70. The highest BCUT2D eigenvalue weighted by Gasteiger charge is 2.10.